The Morgan fingerprint density at radius 2 is 2.15 bits per heavy atom. The fourth-order valence-electron chi connectivity index (χ4n) is 2.65. The molecule has 112 valence electrons. The van der Waals surface area contributed by atoms with Crippen LogP contribution in [-0.2, 0) is 11.3 Å². The van der Waals surface area contributed by atoms with E-state index >= 15 is 0 Å². The van der Waals surface area contributed by atoms with Crippen molar-refractivity contribution in [1.29, 1.82) is 0 Å². The number of aromatic nitrogens is 2. The Morgan fingerprint density at radius 3 is 2.80 bits per heavy atom. The van der Waals surface area contributed by atoms with Gasteiger partial charge in [-0.1, -0.05) is 6.42 Å². The van der Waals surface area contributed by atoms with Crippen molar-refractivity contribution in [2.75, 3.05) is 25.4 Å². The molecule has 0 saturated carbocycles. The highest BCUT2D eigenvalue weighted by Gasteiger charge is 2.21. The summed E-state index contributed by atoms with van der Waals surface area (Å²) in [4.78, 5) is 18.2. The van der Waals surface area contributed by atoms with Gasteiger partial charge in [0.1, 0.15) is 5.82 Å². The third-order valence-electron chi connectivity index (χ3n) is 3.82. The van der Waals surface area contributed by atoms with Crippen LogP contribution >= 0.6 is 0 Å². The number of ether oxygens (including phenoxy) is 1. The second-order valence-electron chi connectivity index (χ2n) is 5.30. The Morgan fingerprint density at radius 1 is 1.45 bits per heavy atom. The number of anilines is 1. The molecule has 1 unspecified atom stereocenters. The van der Waals surface area contributed by atoms with E-state index in [2.05, 4.69) is 16.8 Å². The molecular weight excluding hydrogens is 256 g/mol. The lowest BCUT2D eigenvalue weighted by molar-refractivity contribution is 0.0521. The molecule has 0 aliphatic carbocycles. The maximum absolute atomic E-state index is 11.7. The van der Waals surface area contributed by atoms with Crippen molar-refractivity contribution >= 4 is 11.8 Å². The van der Waals surface area contributed by atoms with Gasteiger partial charge in [-0.25, -0.2) is 9.78 Å². The van der Waals surface area contributed by atoms with Crippen LogP contribution in [0, 0.1) is 0 Å². The topological polar surface area (TPSA) is 73.4 Å². The van der Waals surface area contributed by atoms with Gasteiger partial charge in [-0.3, -0.25) is 4.90 Å². The number of nitrogens with zero attached hydrogens (tertiary/aromatic N) is 3. The minimum absolute atomic E-state index is 0.220. The van der Waals surface area contributed by atoms with Crippen molar-refractivity contribution in [3.63, 3.8) is 0 Å². The fourth-order valence-corrected chi connectivity index (χ4v) is 2.65. The molecule has 1 aliphatic heterocycles. The molecule has 6 nitrogen and oxygen atoms in total. The SMILES string of the molecule is CCOC(=O)c1ncn(CC(C)N2CCCCC2)c1N. The van der Waals surface area contributed by atoms with E-state index in [1.807, 2.05) is 4.57 Å². The molecule has 20 heavy (non-hydrogen) atoms. The molecule has 6 heteroatoms. The third-order valence-corrected chi connectivity index (χ3v) is 3.82. The van der Waals surface area contributed by atoms with Crippen LogP contribution in [0.25, 0.3) is 0 Å². The second kappa shape index (κ2) is 6.74. The maximum Gasteiger partial charge on any atom is 0.360 e. The number of nitrogens with two attached hydrogens (primary N) is 1. The van der Waals surface area contributed by atoms with Gasteiger partial charge in [0, 0.05) is 12.6 Å². The predicted octanol–water partition coefficient (Wildman–Crippen LogP) is 1.52. The summed E-state index contributed by atoms with van der Waals surface area (Å²) in [6.45, 7) is 7.31. The predicted molar refractivity (Wildman–Crippen MR) is 77.5 cm³/mol. The Hall–Kier alpha value is -1.56. The monoisotopic (exact) mass is 280 g/mol. The van der Waals surface area contributed by atoms with Gasteiger partial charge < -0.3 is 15.0 Å². The van der Waals surface area contributed by atoms with Crippen LogP contribution in [-0.4, -0.2) is 46.2 Å². The Balaban J connectivity index is 2.00. The molecule has 1 saturated heterocycles. The number of carbonyl (C=O) groups excluding carboxylic acids is 1. The van der Waals surface area contributed by atoms with Crippen LogP contribution < -0.4 is 5.73 Å². The van der Waals surface area contributed by atoms with Crippen molar-refractivity contribution in [3.05, 3.63) is 12.0 Å². The minimum Gasteiger partial charge on any atom is -0.461 e. The van der Waals surface area contributed by atoms with Gasteiger partial charge in [-0.15, -0.1) is 0 Å². The van der Waals surface area contributed by atoms with Crippen LogP contribution in [0.15, 0.2) is 6.33 Å². The molecule has 2 rings (SSSR count). The molecule has 0 amide bonds. The summed E-state index contributed by atoms with van der Waals surface area (Å²) >= 11 is 0. The second-order valence-corrected chi connectivity index (χ2v) is 5.30. The third kappa shape index (κ3) is 3.30. The van der Waals surface area contributed by atoms with Gasteiger partial charge in [0.25, 0.3) is 0 Å². The molecule has 1 aliphatic rings. The molecule has 0 bridgehead atoms. The molecule has 2 N–H and O–H groups in total. The zero-order valence-electron chi connectivity index (χ0n) is 12.3. The van der Waals surface area contributed by atoms with Crippen molar-refractivity contribution in [2.24, 2.45) is 0 Å². The molecule has 1 atom stereocenters. The van der Waals surface area contributed by atoms with E-state index in [0.717, 1.165) is 19.6 Å². The van der Waals surface area contributed by atoms with Crippen LogP contribution in [0.4, 0.5) is 5.82 Å². The lowest BCUT2D eigenvalue weighted by atomic mass is 10.1. The van der Waals surface area contributed by atoms with Crippen LogP contribution in [0.2, 0.25) is 0 Å². The minimum atomic E-state index is -0.450. The molecule has 0 aromatic carbocycles. The summed E-state index contributed by atoms with van der Waals surface area (Å²) in [7, 11) is 0. The molecular formula is C14H24N4O2. The summed E-state index contributed by atoms with van der Waals surface area (Å²) in [6, 6.07) is 0.391. The summed E-state index contributed by atoms with van der Waals surface area (Å²) in [5.41, 5.74) is 6.21. The van der Waals surface area contributed by atoms with Gasteiger partial charge in [-0.2, -0.15) is 0 Å². The summed E-state index contributed by atoms with van der Waals surface area (Å²) in [5, 5.41) is 0. The number of hydrogen-bond donors (Lipinski definition) is 1. The smallest absolute Gasteiger partial charge is 0.360 e. The van der Waals surface area contributed by atoms with Crippen molar-refractivity contribution in [3.8, 4) is 0 Å². The summed E-state index contributed by atoms with van der Waals surface area (Å²) in [5.74, 6) is -0.0540. The van der Waals surface area contributed by atoms with E-state index in [-0.39, 0.29) is 5.69 Å². The van der Waals surface area contributed by atoms with E-state index in [9.17, 15) is 4.79 Å². The van der Waals surface area contributed by atoms with Gasteiger partial charge in [-0.05, 0) is 39.8 Å². The maximum atomic E-state index is 11.7. The number of imidazole rings is 1. The van der Waals surface area contributed by atoms with E-state index < -0.39 is 5.97 Å². The van der Waals surface area contributed by atoms with Crippen molar-refractivity contribution in [2.45, 2.75) is 45.7 Å². The standard InChI is InChI=1S/C14H24N4O2/c1-3-20-14(19)12-13(15)18(10-16-12)9-11(2)17-7-5-4-6-8-17/h10-11H,3-9,15H2,1-2H3. The number of nitrogen functional groups attached to an aromatic ring is 1. The van der Waals surface area contributed by atoms with Gasteiger partial charge in [0.2, 0.25) is 0 Å². The van der Waals surface area contributed by atoms with Gasteiger partial charge >= 0.3 is 5.97 Å². The van der Waals surface area contributed by atoms with E-state index in [1.165, 1.54) is 19.3 Å². The van der Waals surface area contributed by atoms with Crippen LogP contribution in [0.1, 0.15) is 43.6 Å². The lowest BCUT2D eigenvalue weighted by Gasteiger charge is -2.32. The molecule has 0 spiro atoms. The Kier molecular flexibility index (Phi) is 5.00. The first kappa shape index (κ1) is 14.8. The number of esters is 1. The summed E-state index contributed by atoms with van der Waals surface area (Å²) < 4.78 is 6.78. The first-order valence-corrected chi connectivity index (χ1v) is 7.35. The highest BCUT2D eigenvalue weighted by Crippen LogP contribution is 2.16. The highest BCUT2D eigenvalue weighted by atomic mass is 16.5. The largest absolute Gasteiger partial charge is 0.461 e. The Bertz CT molecular complexity index is 452. The number of hydrogen-bond acceptors (Lipinski definition) is 5. The molecule has 0 radical (unpaired) electrons. The van der Waals surface area contributed by atoms with E-state index in [0.29, 0.717) is 18.5 Å². The molecule has 1 aromatic heterocycles. The fraction of sp³-hybridized carbons (Fsp3) is 0.714. The molecule has 1 fully saturated rings. The normalized spacial score (nSPS) is 17.9. The van der Waals surface area contributed by atoms with Crippen LogP contribution in [0.3, 0.4) is 0 Å². The quantitative estimate of drug-likeness (QED) is 0.828. The van der Waals surface area contributed by atoms with Crippen LogP contribution in [0.5, 0.6) is 0 Å². The van der Waals surface area contributed by atoms with Gasteiger partial charge in [0.05, 0.1) is 12.9 Å². The first-order chi connectivity index (χ1) is 9.63. The number of likely N-dealkylation sites (tertiary alicyclic amines) is 1. The van der Waals surface area contributed by atoms with Crippen molar-refractivity contribution in [1.82, 2.24) is 14.5 Å². The average molecular weight is 280 g/mol. The van der Waals surface area contributed by atoms with E-state index in [4.69, 9.17) is 10.5 Å². The molecule has 2 heterocycles. The first-order valence-electron chi connectivity index (χ1n) is 7.35. The van der Waals surface area contributed by atoms with Gasteiger partial charge in [0.15, 0.2) is 5.69 Å². The lowest BCUT2D eigenvalue weighted by Crippen LogP contribution is -2.39. The number of piperidine rings is 1. The van der Waals surface area contributed by atoms with E-state index in [1.54, 1.807) is 13.3 Å². The number of carbonyl (C=O) groups is 1. The zero-order valence-corrected chi connectivity index (χ0v) is 12.3. The number of rotatable bonds is 5. The summed E-state index contributed by atoms with van der Waals surface area (Å²) in [6.07, 6.45) is 5.47. The highest BCUT2D eigenvalue weighted by molar-refractivity contribution is 5.92. The average Bonchev–Trinajstić information content (AvgIpc) is 2.81. The zero-order chi connectivity index (χ0) is 14.5. The molecule has 1 aromatic rings. The Labute approximate surface area is 119 Å². The van der Waals surface area contributed by atoms with Crippen molar-refractivity contribution < 1.29 is 9.53 Å².